The van der Waals surface area contributed by atoms with Gasteiger partial charge < -0.3 is 34.6 Å². The molecule has 2 aromatic carbocycles. The van der Waals surface area contributed by atoms with Crippen LogP contribution in [0.3, 0.4) is 0 Å². The standard InChI is InChI=1S/C34H51ClN7O2P/c1-7-8-16-41-19-21-42(22-20-41)17-11-15-40(3)18-14-27-24-31(44-4)30(23-26(27)2)38-34-36-25-28(35)33(39-34)37-29-12-9-10-13-32(29)45(5,6)43/h9-10,12-13,23-25H,7-8,11,14-22H2,1-6H3,(H2,36,37,38,39). The number of methoxy groups -OCH3 is 1. The normalized spacial score (nSPS) is 14.6. The number of halogens is 1. The Morgan fingerprint density at radius 3 is 2.36 bits per heavy atom. The maximum atomic E-state index is 12.8. The first kappa shape index (κ1) is 35.2. The highest BCUT2D eigenvalue weighted by atomic mass is 35.5. The second kappa shape index (κ2) is 16.8. The summed E-state index contributed by atoms with van der Waals surface area (Å²) in [5.41, 5.74) is 3.92. The van der Waals surface area contributed by atoms with Crippen LogP contribution in [0.1, 0.15) is 37.3 Å². The highest BCUT2D eigenvalue weighted by molar-refractivity contribution is 7.70. The molecule has 246 valence electrons. The molecule has 0 spiro atoms. The number of aryl methyl sites for hydroxylation is 1. The highest BCUT2D eigenvalue weighted by Crippen LogP contribution is 2.39. The van der Waals surface area contributed by atoms with Gasteiger partial charge in [0.2, 0.25) is 5.95 Å². The zero-order chi connectivity index (χ0) is 32.4. The maximum Gasteiger partial charge on any atom is 0.229 e. The van der Waals surface area contributed by atoms with Gasteiger partial charge in [-0.3, -0.25) is 0 Å². The van der Waals surface area contributed by atoms with Crippen LogP contribution in [0.5, 0.6) is 5.75 Å². The Hall–Kier alpha value is -2.68. The Morgan fingerprint density at radius 1 is 1.00 bits per heavy atom. The molecule has 4 rings (SSSR count). The number of anilines is 4. The van der Waals surface area contributed by atoms with Crippen molar-refractivity contribution in [2.45, 2.75) is 39.5 Å². The van der Waals surface area contributed by atoms with Crippen molar-refractivity contribution in [3.05, 3.63) is 58.7 Å². The largest absolute Gasteiger partial charge is 0.495 e. The molecule has 0 bridgehead atoms. The summed E-state index contributed by atoms with van der Waals surface area (Å²) >= 11 is 6.45. The fourth-order valence-corrected chi connectivity index (χ4v) is 6.98. The molecule has 0 radical (unpaired) electrons. The van der Waals surface area contributed by atoms with Gasteiger partial charge in [0.05, 0.1) is 24.7 Å². The molecule has 1 aliphatic rings. The SMILES string of the molecule is CCCCN1CCN(CCCN(C)CCc2cc(OC)c(Nc3ncc(Cl)c(Nc4ccccc4P(C)(C)=O)n3)cc2C)CC1. The van der Waals surface area contributed by atoms with Crippen LogP contribution in [0, 0.1) is 6.92 Å². The molecule has 0 amide bonds. The molecule has 0 saturated carbocycles. The lowest BCUT2D eigenvalue weighted by molar-refractivity contribution is 0.127. The van der Waals surface area contributed by atoms with Gasteiger partial charge in [-0.05, 0) is 102 Å². The van der Waals surface area contributed by atoms with Crippen LogP contribution in [0.15, 0.2) is 42.6 Å². The van der Waals surface area contributed by atoms with Gasteiger partial charge in [-0.2, -0.15) is 4.98 Å². The number of rotatable bonds is 16. The van der Waals surface area contributed by atoms with E-state index in [0.717, 1.165) is 36.3 Å². The number of ether oxygens (including phenoxy) is 1. The molecule has 1 aliphatic heterocycles. The van der Waals surface area contributed by atoms with Crippen LogP contribution in [0.2, 0.25) is 5.02 Å². The third kappa shape index (κ3) is 10.4. The minimum absolute atomic E-state index is 0.366. The van der Waals surface area contributed by atoms with Crippen molar-refractivity contribution in [1.82, 2.24) is 24.7 Å². The van der Waals surface area contributed by atoms with Crippen molar-refractivity contribution in [3.8, 4) is 5.75 Å². The lowest BCUT2D eigenvalue weighted by atomic mass is 10.0. The number of nitrogens with zero attached hydrogens (tertiary/aromatic N) is 5. The lowest BCUT2D eigenvalue weighted by Gasteiger charge is -2.35. The Labute approximate surface area is 275 Å². The van der Waals surface area contributed by atoms with E-state index in [1.807, 2.05) is 24.3 Å². The molecule has 0 atom stereocenters. The van der Waals surface area contributed by atoms with Crippen molar-refractivity contribution in [1.29, 1.82) is 0 Å². The van der Waals surface area contributed by atoms with E-state index in [1.54, 1.807) is 26.6 Å². The average molecular weight is 656 g/mol. The molecule has 2 heterocycles. The molecular weight excluding hydrogens is 605 g/mol. The van der Waals surface area contributed by atoms with E-state index in [2.05, 4.69) is 68.3 Å². The van der Waals surface area contributed by atoms with Gasteiger partial charge in [-0.25, -0.2) is 4.98 Å². The maximum absolute atomic E-state index is 12.8. The summed E-state index contributed by atoms with van der Waals surface area (Å²) in [7, 11) is 1.38. The summed E-state index contributed by atoms with van der Waals surface area (Å²) in [6, 6.07) is 11.7. The van der Waals surface area contributed by atoms with Gasteiger partial charge in [-0.1, -0.05) is 37.1 Å². The summed E-state index contributed by atoms with van der Waals surface area (Å²) in [5.74, 6) is 1.54. The number of benzene rings is 2. The average Bonchev–Trinajstić information content (AvgIpc) is 3.01. The van der Waals surface area contributed by atoms with Crippen molar-refractivity contribution >= 4 is 47.2 Å². The van der Waals surface area contributed by atoms with E-state index >= 15 is 0 Å². The van der Waals surface area contributed by atoms with Gasteiger partial charge in [0.15, 0.2) is 5.82 Å². The summed E-state index contributed by atoms with van der Waals surface area (Å²) in [4.78, 5) is 16.7. The van der Waals surface area contributed by atoms with E-state index in [0.29, 0.717) is 22.5 Å². The number of hydrogen-bond acceptors (Lipinski definition) is 9. The zero-order valence-electron chi connectivity index (χ0n) is 27.9. The van der Waals surface area contributed by atoms with Crippen LogP contribution in [0.25, 0.3) is 0 Å². The minimum atomic E-state index is -2.51. The summed E-state index contributed by atoms with van der Waals surface area (Å²) < 4.78 is 18.6. The minimum Gasteiger partial charge on any atom is -0.495 e. The smallest absolute Gasteiger partial charge is 0.229 e. The first-order valence-electron chi connectivity index (χ1n) is 16.1. The van der Waals surface area contributed by atoms with Crippen LogP contribution in [-0.2, 0) is 11.0 Å². The van der Waals surface area contributed by atoms with Gasteiger partial charge in [0.1, 0.15) is 17.9 Å². The predicted molar refractivity (Wildman–Crippen MR) is 190 cm³/mol. The van der Waals surface area contributed by atoms with Crippen LogP contribution in [-0.4, -0.2) is 105 Å². The second-order valence-electron chi connectivity index (χ2n) is 12.4. The number of unbranched alkanes of at least 4 members (excludes halogenated alkanes) is 1. The first-order chi connectivity index (χ1) is 21.6. The van der Waals surface area contributed by atoms with Crippen LogP contribution < -0.4 is 20.7 Å². The molecule has 1 saturated heterocycles. The van der Waals surface area contributed by atoms with Crippen molar-refractivity contribution in [2.75, 3.05) is 90.5 Å². The molecule has 0 unspecified atom stereocenters. The van der Waals surface area contributed by atoms with E-state index in [-0.39, 0.29) is 0 Å². The molecular formula is C34H51ClN7O2P. The molecule has 3 aromatic rings. The molecule has 1 fully saturated rings. The third-order valence-electron chi connectivity index (χ3n) is 8.46. The quantitative estimate of drug-likeness (QED) is 0.169. The van der Waals surface area contributed by atoms with E-state index in [4.69, 9.17) is 16.3 Å². The molecule has 9 nitrogen and oxygen atoms in total. The summed E-state index contributed by atoms with van der Waals surface area (Å²) in [6.45, 7) is 17.2. The molecule has 45 heavy (non-hydrogen) atoms. The summed E-state index contributed by atoms with van der Waals surface area (Å²) in [6.07, 6.45) is 6.27. The summed E-state index contributed by atoms with van der Waals surface area (Å²) in [5, 5.41) is 7.67. The number of hydrogen-bond donors (Lipinski definition) is 2. The second-order valence-corrected chi connectivity index (χ2v) is 16.0. The van der Waals surface area contributed by atoms with Gasteiger partial charge in [0, 0.05) is 38.0 Å². The third-order valence-corrected chi connectivity index (χ3v) is 10.3. The fourth-order valence-electron chi connectivity index (χ4n) is 5.68. The highest BCUT2D eigenvalue weighted by Gasteiger charge is 2.18. The van der Waals surface area contributed by atoms with Gasteiger partial charge in [-0.15, -0.1) is 0 Å². The molecule has 1 aromatic heterocycles. The van der Waals surface area contributed by atoms with Crippen molar-refractivity contribution in [2.24, 2.45) is 0 Å². The zero-order valence-corrected chi connectivity index (χ0v) is 29.6. The van der Waals surface area contributed by atoms with Gasteiger partial charge in [0.25, 0.3) is 0 Å². The Kier molecular flexibility index (Phi) is 13.1. The fraction of sp³-hybridized carbons (Fsp3) is 0.529. The van der Waals surface area contributed by atoms with Crippen molar-refractivity contribution < 1.29 is 9.30 Å². The number of aromatic nitrogens is 2. The Morgan fingerprint density at radius 2 is 1.69 bits per heavy atom. The van der Waals surface area contributed by atoms with E-state index < -0.39 is 7.14 Å². The van der Waals surface area contributed by atoms with Gasteiger partial charge >= 0.3 is 0 Å². The molecule has 2 N–H and O–H groups in total. The van der Waals surface area contributed by atoms with Crippen molar-refractivity contribution in [3.63, 3.8) is 0 Å². The Bertz CT molecular complexity index is 1440. The Balaban J connectivity index is 1.32. The topological polar surface area (TPSA) is 85.9 Å². The first-order valence-corrected chi connectivity index (χ1v) is 19.1. The number of piperazine rings is 1. The number of likely N-dealkylation sites (N-methyl/N-ethyl adjacent to an activating group) is 1. The molecule has 0 aliphatic carbocycles. The molecule has 11 heteroatoms. The number of nitrogens with one attached hydrogen (secondary N) is 2. The number of para-hydroxylation sites is 1. The predicted octanol–water partition coefficient (Wildman–Crippen LogP) is 6.46. The lowest BCUT2D eigenvalue weighted by Crippen LogP contribution is -2.47. The van der Waals surface area contributed by atoms with Crippen LogP contribution >= 0.6 is 18.7 Å². The monoisotopic (exact) mass is 655 g/mol. The van der Waals surface area contributed by atoms with E-state index in [9.17, 15) is 4.57 Å². The van der Waals surface area contributed by atoms with E-state index in [1.165, 1.54) is 69.7 Å². The van der Waals surface area contributed by atoms with Crippen LogP contribution in [0.4, 0.5) is 23.1 Å².